The van der Waals surface area contributed by atoms with Crippen molar-refractivity contribution in [3.05, 3.63) is 65.9 Å². The fourth-order valence-corrected chi connectivity index (χ4v) is 2.93. The second-order valence-electron chi connectivity index (χ2n) is 7.06. The topological polar surface area (TPSA) is 76.2 Å². The molecule has 2 N–H and O–H groups in total. The van der Waals surface area contributed by atoms with Crippen LogP contribution in [0.15, 0.2) is 54.7 Å². The van der Waals surface area contributed by atoms with E-state index in [-0.39, 0.29) is 5.91 Å². The second kappa shape index (κ2) is 11.0. The number of carbonyl (C=O) groups is 1. The van der Waals surface area contributed by atoms with E-state index >= 15 is 0 Å². The summed E-state index contributed by atoms with van der Waals surface area (Å²) >= 11 is 0. The summed E-state index contributed by atoms with van der Waals surface area (Å²) in [5.41, 5.74) is 3.09. The van der Waals surface area contributed by atoms with E-state index in [1.807, 2.05) is 48.5 Å². The zero-order valence-electron chi connectivity index (χ0n) is 17.6. The molecule has 30 heavy (non-hydrogen) atoms. The normalized spacial score (nSPS) is 10.6. The van der Waals surface area contributed by atoms with Gasteiger partial charge in [-0.05, 0) is 54.8 Å². The zero-order valence-corrected chi connectivity index (χ0v) is 17.6. The van der Waals surface area contributed by atoms with Crippen LogP contribution in [0.5, 0.6) is 11.5 Å². The maximum Gasteiger partial charge on any atom is 0.255 e. The molecular weight excluding hydrogens is 378 g/mol. The second-order valence-corrected chi connectivity index (χ2v) is 7.06. The Morgan fingerprint density at radius 3 is 2.27 bits per heavy atom. The number of unbranched alkanes of at least 4 members (excludes halogenated alkanes) is 1. The number of hydrogen-bond donors (Lipinski definition) is 2. The summed E-state index contributed by atoms with van der Waals surface area (Å²) in [6.45, 7) is 6.05. The van der Waals surface area contributed by atoms with E-state index in [4.69, 9.17) is 9.47 Å². The van der Waals surface area contributed by atoms with Crippen LogP contribution in [0.2, 0.25) is 0 Å². The molecule has 0 atom stereocenters. The highest BCUT2D eigenvalue weighted by Crippen LogP contribution is 2.24. The van der Waals surface area contributed by atoms with Crippen LogP contribution in [0.25, 0.3) is 11.3 Å². The molecule has 158 valence electrons. The molecule has 0 radical (unpaired) electrons. The quantitative estimate of drug-likeness (QED) is 0.440. The van der Waals surface area contributed by atoms with Crippen LogP contribution in [0.1, 0.15) is 49.0 Å². The van der Waals surface area contributed by atoms with E-state index < -0.39 is 0 Å². The summed E-state index contributed by atoms with van der Waals surface area (Å²) in [6.07, 6.45) is 4.65. The number of aromatic amines is 1. The number of aromatic nitrogens is 2. The smallest absolute Gasteiger partial charge is 0.255 e. The number of nitrogens with zero attached hydrogens (tertiary/aromatic N) is 1. The molecule has 2 aromatic carbocycles. The molecule has 0 saturated heterocycles. The summed E-state index contributed by atoms with van der Waals surface area (Å²) in [7, 11) is 0. The van der Waals surface area contributed by atoms with Gasteiger partial charge in [-0.1, -0.05) is 32.4 Å². The number of benzene rings is 2. The lowest BCUT2D eigenvalue weighted by atomic mass is 10.1. The van der Waals surface area contributed by atoms with Crippen molar-refractivity contribution in [3.8, 4) is 22.8 Å². The Morgan fingerprint density at radius 2 is 1.60 bits per heavy atom. The van der Waals surface area contributed by atoms with Crippen LogP contribution >= 0.6 is 0 Å². The summed E-state index contributed by atoms with van der Waals surface area (Å²) in [5.74, 6) is 1.49. The minimum absolute atomic E-state index is 0.173. The van der Waals surface area contributed by atoms with Gasteiger partial charge in [0.25, 0.3) is 5.91 Å². The Bertz CT molecular complexity index is 918. The van der Waals surface area contributed by atoms with Crippen molar-refractivity contribution in [1.29, 1.82) is 0 Å². The van der Waals surface area contributed by atoms with Gasteiger partial charge in [-0.3, -0.25) is 9.89 Å². The first kappa shape index (κ1) is 21.4. The number of hydrogen-bond acceptors (Lipinski definition) is 4. The van der Waals surface area contributed by atoms with Crippen LogP contribution in [0.3, 0.4) is 0 Å². The van der Waals surface area contributed by atoms with Crippen molar-refractivity contribution in [2.45, 2.75) is 39.7 Å². The van der Waals surface area contributed by atoms with Crippen molar-refractivity contribution in [2.75, 3.05) is 13.2 Å². The molecule has 0 aliphatic carbocycles. The highest BCUT2D eigenvalue weighted by molar-refractivity contribution is 5.99. The van der Waals surface area contributed by atoms with Crippen molar-refractivity contribution < 1.29 is 14.3 Å². The molecule has 0 fully saturated rings. The molecule has 0 saturated carbocycles. The average Bonchev–Trinajstić information content (AvgIpc) is 3.27. The minimum Gasteiger partial charge on any atom is -0.494 e. The first-order valence-corrected chi connectivity index (χ1v) is 10.5. The third-order valence-corrected chi connectivity index (χ3v) is 4.64. The summed E-state index contributed by atoms with van der Waals surface area (Å²) < 4.78 is 11.3. The highest BCUT2D eigenvalue weighted by Gasteiger charge is 2.15. The summed E-state index contributed by atoms with van der Waals surface area (Å²) in [4.78, 5) is 12.7. The van der Waals surface area contributed by atoms with E-state index in [0.29, 0.717) is 31.0 Å². The third-order valence-electron chi connectivity index (χ3n) is 4.64. The predicted octanol–water partition coefficient (Wildman–Crippen LogP) is 4.97. The van der Waals surface area contributed by atoms with Crippen molar-refractivity contribution in [3.63, 3.8) is 0 Å². The van der Waals surface area contributed by atoms with Gasteiger partial charge in [-0.2, -0.15) is 5.10 Å². The Kier molecular flexibility index (Phi) is 7.89. The number of H-pyrrole nitrogens is 1. The summed E-state index contributed by atoms with van der Waals surface area (Å²) in [6, 6.07) is 15.4. The molecule has 0 spiro atoms. The van der Waals surface area contributed by atoms with Gasteiger partial charge >= 0.3 is 0 Å². The van der Waals surface area contributed by atoms with E-state index in [2.05, 4.69) is 29.4 Å². The number of rotatable bonds is 11. The molecule has 3 aromatic rings. The third kappa shape index (κ3) is 5.86. The molecular formula is C24H29N3O3. The molecule has 1 heterocycles. The first-order chi connectivity index (χ1) is 14.7. The summed E-state index contributed by atoms with van der Waals surface area (Å²) in [5, 5.41) is 9.95. The van der Waals surface area contributed by atoms with E-state index in [9.17, 15) is 4.79 Å². The molecule has 3 rings (SSSR count). The molecule has 6 heteroatoms. The molecule has 0 aliphatic heterocycles. The average molecular weight is 408 g/mol. The maximum atomic E-state index is 12.7. The molecule has 0 unspecified atom stereocenters. The Morgan fingerprint density at radius 1 is 0.933 bits per heavy atom. The Balaban J connectivity index is 1.59. The largest absolute Gasteiger partial charge is 0.494 e. The van der Waals surface area contributed by atoms with E-state index in [1.165, 1.54) is 0 Å². The fraction of sp³-hybridized carbons (Fsp3) is 0.333. The van der Waals surface area contributed by atoms with Crippen molar-refractivity contribution in [2.24, 2.45) is 0 Å². The van der Waals surface area contributed by atoms with Gasteiger partial charge in [-0.25, -0.2) is 0 Å². The lowest BCUT2D eigenvalue weighted by Crippen LogP contribution is -2.22. The molecule has 0 bridgehead atoms. The van der Waals surface area contributed by atoms with Gasteiger partial charge in [0.2, 0.25) is 0 Å². The highest BCUT2D eigenvalue weighted by atomic mass is 16.5. The fourth-order valence-electron chi connectivity index (χ4n) is 2.93. The maximum absolute atomic E-state index is 12.7. The van der Waals surface area contributed by atoms with Crippen LogP contribution in [0, 0.1) is 0 Å². The van der Waals surface area contributed by atoms with Gasteiger partial charge in [0, 0.05) is 12.1 Å². The van der Waals surface area contributed by atoms with Gasteiger partial charge < -0.3 is 14.8 Å². The monoisotopic (exact) mass is 407 g/mol. The molecule has 1 aromatic heterocycles. The molecule has 0 aliphatic rings. The first-order valence-electron chi connectivity index (χ1n) is 10.5. The predicted molar refractivity (Wildman–Crippen MR) is 118 cm³/mol. The Labute approximate surface area is 177 Å². The van der Waals surface area contributed by atoms with Gasteiger partial charge in [0.15, 0.2) is 0 Å². The Hall–Kier alpha value is -3.28. The number of ether oxygens (including phenoxy) is 2. The molecule has 1 amide bonds. The number of carbonyl (C=O) groups excluding carboxylic acids is 1. The van der Waals surface area contributed by atoms with Crippen LogP contribution < -0.4 is 14.8 Å². The van der Waals surface area contributed by atoms with Crippen LogP contribution in [-0.2, 0) is 6.54 Å². The van der Waals surface area contributed by atoms with Gasteiger partial charge in [0.1, 0.15) is 11.5 Å². The lowest BCUT2D eigenvalue weighted by Gasteiger charge is -2.09. The zero-order chi connectivity index (χ0) is 21.2. The van der Waals surface area contributed by atoms with Crippen LogP contribution in [0.4, 0.5) is 0 Å². The van der Waals surface area contributed by atoms with Crippen LogP contribution in [-0.4, -0.2) is 29.3 Å². The van der Waals surface area contributed by atoms with Crippen molar-refractivity contribution in [1.82, 2.24) is 15.5 Å². The van der Waals surface area contributed by atoms with Gasteiger partial charge in [0.05, 0.1) is 30.7 Å². The lowest BCUT2D eigenvalue weighted by molar-refractivity contribution is 0.0951. The SMILES string of the molecule is CCCCOc1ccc(-c2[nH]ncc2C(=O)NCc2ccc(OCCC)cc2)cc1. The van der Waals surface area contributed by atoms with E-state index in [1.54, 1.807) is 6.20 Å². The van der Waals surface area contributed by atoms with Gasteiger partial charge in [-0.15, -0.1) is 0 Å². The molecule has 6 nitrogen and oxygen atoms in total. The number of amides is 1. The standard InChI is InChI=1S/C24H29N3O3/c1-3-5-15-30-21-12-8-19(9-13-21)23-22(17-26-27-23)24(28)25-16-18-6-10-20(11-7-18)29-14-4-2/h6-13,17H,3-5,14-16H2,1-2H3,(H,25,28)(H,26,27). The van der Waals surface area contributed by atoms with E-state index in [0.717, 1.165) is 41.9 Å². The minimum atomic E-state index is -0.173. The number of nitrogens with one attached hydrogen (secondary N) is 2. The van der Waals surface area contributed by atoms with Crippen molar-refractivity contribution >= 4 is 5.91 Å².